The smallest absolute Gasteiger partial charge is 0.0483 e. The summed E-state index contributed by atoms with van der Waals surface area (Å²) in [6, 6.07) is 0. The molecule has 1 saturated carbocycles. The van der Waals surface area contributed by atoms with E-state index in [0.29, 0.717) is 0 Å². The zero-order valence-electron chi connectivity index (χ0n) is 13.9. The minimum absolute atomic E-state index is 0. The number of rotatable bonds is 0. The summed E-state index contributed by atoms with van der Waals surface area (Å²) in [5.74, 6) is 1.98. The van der Waals surface area contributed by atoms with Gasteiger partial charge in [-0.05, 0) is 58.8 Å². The van der Waals surface area contributed by atoms with Crippen LogP contribution in [-0.4, -0.2) is 46.9 Å². The normalized spacial score (nSPS) is 20.2. The molecule has 0 spiro atoms. The van der Waals surface area contributed by atoms with Crippen LogP contribution in [0.25, 0.3) is 0 Å². The van der Waals surface area contributed by atoms with Crippen molar-refractivity contribution in [3.05, 3.63) is 12.2 Å². The first-order valence-corrected chi connectivity index (χ1v) is 6.85. The summed E-state index contributed by atoms with van der Waals surface area (Å²) in [5.41, 5.74) is 0. The summed E-state index contributed by atoms with van der Waals surface area (Å²) in [4.78, 5) is 0. The molecule has 0 amide bonds. The molecule has 2 atom stereocenters. The van der Waals surface area contributed by atoms with Gasteiger partial charge in [-0.15, -0.1) is 0 Å². The third-order valence-electron chi connectivity index (χ3n) is 2.17. The van der Waals surface area contributed by atoms with E-state index in [1.54, 1.807) is 27.7 Å². The van der Waals surface area contributed by atoms with Crippen molar-refractivity contribution < 1.29 is 42.1 Å². The van der Waals surface area contributed by atoms with E-state index in [1.807, 2.05) is 0 Å². The Labute approximate surface area is 139 Å². The van der Waals surface area contributed by atoms with Gasteiger partial charge in [0.15, 0.2) is 0 Å². The first kappa shape index (κ1) is 28.5. The van der Waals surface area contributed by atoms with Crippen LogP contribution < -0.4 is 0 Å². The van der Waals surface area contributed by atoms with Crippen LogP contribution in [0.15, 0.2) is 12.2 Å². The van der Waals surface area contributed by atoms with Crippen molar-refractivity contribution in [2.75, 3.05) is 14.2 Å². The average Bonchev–Trinajstić information content (AvgIpc) is 2.97. The summed E-state index contributed by atoms with van der Waals surface area (Å²) in [6.45, 7) is 6.89. The fourth-order valence-corrected chi connectivity index (χ4v) is 1.72. The van der Waals surface area contributed by atoms with Gasteiger partial charge in [-0.25, -0.2) is 0 Å². The number of hydrogen-bond donors (Lipinski definition) is 4. The standard InChI is InChI=1S/C7H10.2C3H8O.2CH4O.Ti/c1-2-7-4-3-6(1)5-7;2*1-3(2)4;2*1-2;/h1-2,6-7H,3-5H2;2*3-4H,1-2H3;2*2H,1H3;. The number of fused-ring (bicyclic) bond motifs is 2. The van der Waals surface area contributed by atoms with E-state index in [2.05, 4.69) is 12.2 Å². The molecule has 0 radical (unpaired) electrons. The van der Waals surface area contributed by atoms with Crippen LogP contribution in [0.5, 0.6) is 0 Å². The Kier molecular flexibility index (Phi) is 30.7. The van der Waals surface area contributed by atoms with E-state index in [0.717, 1.165) is 26.1 Å². The third-order valence-corrected chi connectivity index (χ3v) is 2.17. The zero-order chi connectivity index (χ0) is 15.8. The Bertz CT molecular complexity index is 161. The predicted molar refractivity (Wildman–Crippen MR) is 81.0 cm³/mol. The summed E-state index contributed by atoms with van der Waals surface area (Å²) in [5, 5.41) is 30.1. The van der Waals surface area contributed by atoms with Crippen LogP contribution in [0.4, 0.5) is 0 Å². The van der Waals surface area contributed by atoms with Gasteiger partial charge >= 0.3 is 0 Å². The molecule has 4 nitrogen and oxygen atoms in total. The molecule has 2 aliphatic rings. The van der Waals surface area contributed by atoms with Gasteiger partial charge in [0.25, 0.3) is 0 Å². The van der Waals surface area contributed by atoms with E-state index in [-0.39, 0.29) is 33.9 Å². The molecule has 122 valence electrons. The summed E-state index contributed by atoms with van der Waals surface area (Å²) in [7, 11) is 2.00. The molecule has 4 N–H and O–H groups in total. The SMILES string of the molecule is C1=CC2CCC1C2.CC(C)O.CC(C)O.CO.CO.[Ti]. The molecule has 5 heteroatoms. The molecule has 0 aromatic heterocycles. The molecule has 2 bridgehead atoms. The summed E-state index contributed by atoms with van der Waals surface area (Å²) < 4.78 is 0. The van der Waals surface area contributed by atoms with Gasteiger partial charge in [0.1, 0.15) is 0 Å². The maximum absolute atomic E-state index is 8.06. The van der Waals surface area contributed by atoms with Crippen LogP contribution in [0, 0.1) is 11.8 Å². The van der Waals surface area contributed by atoms with Crippen molar-refractivity contribution in [1.29, 1.82) is 0 Å². The van der Waals surface area contributed by atoms with Gasteiger partial charge < -0.3 is 20.4 Å². The van der Waals surface area contributed by atoms with Crippen LogP contribution in [0.2, 0.25) is 0 Å². The second-order valence-electron chi connectivity index (χ2n) is 4.91. The first-order valence-electron chi connectivity index (χ1n) is 6.85. The van der Waals surface area contributed by atoms with E-state index < -0.39 is 0 Å². The number of aliphatic hydroxyl groups excluding tert-OH is 4. The second kappa shape index (κ2) is 21.6. The monoisotopic (exact) mass is 326 g/mol. The van der Waals surface area contributed by atoms with Gasteiger partial charge in [0, 0.05) is 48.1 Å². The Morgan fingerprint density at radius 3 is 1.00 bits per heavy atom. The Morgan fingerprint density at radius 2 is 0.950 bits per heavy atom. The molecule has 0 heterocycles. The number of allylic oxidation sites excluding steroid dienone is 2. The molecule has 1 fully saturated rings. The van der Waals surface area contributed by atoms with E-state index in [9.17, 15) is 0 Å². The molecule has 20 heavy (non-hydrogen) atoms. The molecular formula is C15H34O4Ti. The van der Waals surface area contributed by atoms with Crippen molar-refractivity contribution >= 4 is 0 Å². The maximum atomic E-state index is 8.06. The summed E-state index contributed by atoms with van der Waals surface area (Å²) >= 11 is 0. The number of hydrogen-bond acceptors (Lipinski definition) is 4. The van der Waals surface area contributed by atoms with Crippen molar-refractivity contribution in [1.82, 2.24) is 0 Å². The van der Waals surface area contributed by atoms with E-state index >= 15 is 0 Å². The fraction of sp³-hybridized carbons (Fsp3) is 0.867. The average molecular weight is 326 g/mol. The zero-order valence-corrected chi connectivity index (χ0v) is 15.4. The van der Waals surface area contributed by atoms with Crippen molar-refractivity contribution in [2.45, 2.75) is 59.2 Å². The van der Waals surface area contributed by atoms with Crippen molar-refractivity contribution in [2.24, 2.45) is 11.8 Å². The molecule has 2 aliphatic carbocycles. The molecule has 2 rings (SSSR count). The maximum Gasteiger partial charge on any atom is 0.0483 e. The molecule has 0 aromatic rings. The Morgan fingerprint density at radius 1 is 0.750 bits per heavy atom. The minimum Gasteiger partial charge on any atom is -0.400 e. The van der Waals surface area contributed by atoms with E-state index in [4.69, 9.17) is 20.4 Å². The molecule has 0 aromatic carbocycles. The van der Waals surface area contributed by atoms with E-state index in [1.165, 1.54) is 19.3 Å². The molecular weight excluding hydrogens is 292 g/mol. The molecule has 0 saturated heterocycles. The van der Waals surface area contributed by atoms with Crippen molar-refractivity contribution in [3.63, 3.8) is 0 Å². The third kappa shape index (κ3) is 26.8. The van der Waals surface area contributed by atoms with Gasteiger partial charge in [-0.1, -0.05) is 12.2 Å². The van der Waals surface area contributed by atoms with Gasteiger partial charge in [0.05, 0.1) is 0 Å². The van der Waals surface area contributed by atoms with Gasteiger partial charge in [-0.3, -0.25) is 0 Å². The second-order valence-corrected chi connectivity index (χ2v) is 4.91. The Hall–Kier alpha value is 0.294. The van der Waals surface area contributed by atoms with Crippen molar-refractivity contribution in [3.8, 4) is 0 Å². The van der Waals surface area contributed by atoms with Gasteiger partial charge in [-0.2, -0.15) is 0 Å². The molecule has 2 unspecified atom stereocenters. The number of aliphatic hydroxyl groups is 4. The predicted octanol–water partition coefficient (Wildman–Crippen LogP) is 1.96. The fourth-order valence-electron chi connectivity index (χ4n) is 1.72. The quantitative estimate of drug-likeness (QED) is 0.405. The topological polar surface area (TPSA) is 80.9 Å². The van der Waals surface area contributed by atoms with Crippen LogP contribution in [0.3, 0.4) is 0 Å². The van der Waals surface area contributed by atoms with Crippen LogP contribution in [-0.2, 0) is 21.7 Å². The first-order chi connectivity index (χ1) is 8.91. The largest absolute Gasteiger partial charge is 0.400 e. The minimum atomic E-state index is -0.167. The van der Waals surface area contributed by atoms with Gasteiger partial charge in [0.2, 0.25) is 0 Å². The summed E-state index contributed by atoms with van der Waals surface area (Å²) in [6.07, 6.45) is 8.85. The molecule has 0 aliphatic heterocycles. The van der Waals surface area contributed by atoms with Crippen LogP contribution >= 0.6 is 0 Å². The van der Waals surface area contributed by atoms with Crippen LogP contribution in [0.1, 0.15) is 47.0 Å². The Balaban J connectivity index is -0.0000000881.